The molecule has 1 aliphatic rings. The zero-order valence-electron chi connectivity index (χ0n) is 14.0. The van der Waals surface area contributed by atoms with Crippen LogP contribution in [0.4, 0.5) is 0 Å². The highest BCUT2D eigenvalue weighted by molar-refractivity contribution is 7.14. The van der Waals surface area contributed by atoms with E-state index in [1.807, 2.05) is 12.1 Å². The molecule has 0 aliphatic heterocycles. The Morgan fingerprint density at radius 3 is 2.92 bits per heavy atom. The Bertz CT molecular complexity index is 719. The van der Waals surface area contributed by atoms with Gasteiger partial charge in [-0.05, 0) is 48.8 Å². The number of rotatable bonds is 5. The molecule has 2 heterocycles. The highest BCUT2D eigenvalue weighted by Crippen LogP contribution is 2.33. The highest BCUT2D eigenvalue weighted by atomic mass is 32.1. The first-order valence-electron chi connectivity index (χ1n) is 8.18. The maximum Gasteiger partial charge on any atom is 0.263 e. The van der Waals surface area contributed by atoms with E-state index in [9.17, 15) is 9.59 Å². The number of carbonyl (C=O) groups is 2. The fourth-order valence-corrected chi connectivity index (χ4v) is 4.92. The zero-order valence-corrected chi connectivity index (χ0v) is 15.6. The van der Waals surface area contributed by atoms with Crippen molar-refractivity contribution in [1.82, 2.24) is 10.2 Å². The summed E-state index contributed by atoms with van der Waals surface area (Å²) in [6.07, 6.45) is 3.40. The summed E-state index contributed by atoms with van der Waals surface area (Å²) >= 11 is 3.30. The molecule has 0 aromatic carbocycles. The van der Waals surface area contributed by atoms with E-state index in [0.717, 1.165) is 30.6 Å². The molecule has 1 unspecified atom stereocenters. The van der Waals surface area contributed by atoms with Gasteiger partial charge in [-0.25, -0.2) is 0 Å². The summed E-state index contributed by atoms with van der Waals surface area (Å²) in [7, 11) is 3.54. The third-order valence-electron chi connectivity index (χ3n) is 4.32. The molecule has 1 atom stereocenters. The lowest BCUT2D eigenvalue weighted by Gasteiger charge is -2.21. The largest absolute Gasteiger partial charge is 0.355 e. The Balaban J connectivity index is 1.56. The number of nitrogens with zero attached hydrogens (tertiary/aromatic N) is 1. The van der Waals surface area contributed by atoms with Crippen LogP contribution >= 0.6 is 22.7 Å². The second-order valence-electron chi connectivity index (χ2n) is 6.32. The van der Waals surface area contributed by atoms with Crippen molar-refractivity contribution in [3.05, 3.63) is 43.8 Å². The number of nitrogens with one attached hydrogen (secondary N) is 1. The van der Waals surface area contributed by atoms with Crippen LogP contribution in [0.1, 0.15) is 31.4 Å². The van der Waals surface area contributed by atoms with Crippen molar-refractivity contribution in [1.29, 1.82) is 0 Å². The summed E-state index contributed by atoms with van der Waals surface area (Å²) in [6.45, 7) is 0.691. The van der Waals surface area contributed by atoms with Crippen LogP contribution in [0.3, 0.4) is 0 Å². The lowest BCUT2D eigenvalue weighted by atomic mass is 9.87. The van der Waals surface area contributed by atoms with Crippen LogP contribution < -0.4 is 5.32 Å². The predicted octanol–water partition coefficient (Wildman–Crippen LogP) is 2.98. The van der Waals surface area contributed by atoms with Crippen molar-refractivity contribution < 1.29 is 9.59 Å². The molecule has 24 heavy (non-hydrogen) atoms. The first-order chi connectivity index (χ1) is 11.5. The number of hydrogen-bond acceptors (Lipinski definition) is 4. The van der Waals surface area contributed by atoms with Crippen LogP contribution in [-0.4, -0.2) is 37.4 Å². The molecule has 0 saturated carbocycles. The first-order valence-corrected chi connectivity index (χ1v) is 9.87. The molecule has 0 bridgehead atoms. The van der Waals surface area contributed by atoms with Gasteiger partial charge in [0.05, 0.1) is 4.88 Å². The molecular weight excluding hydrogens is 340 g/mol. The predicted molar refractivity (Wildman–Crippen MR) is 98.9 cm³/mol. The SMILES string of the molecule is CN(C)C(=O)c1cc2c(s1)CCC(C(=O)NCCc1cccs1)C2. The normalized spacial score (nSPS) is 16.5. The van der Waals surface area contributed by atoms with Crippen molar-refractivity contribution in [2.24, 2.45) is 5.92 Å². The van der Waals surface area contributed by atoms with Crippen molar-refractivity contribution in [2.75, 3.05) is 20.6 Å². The van der Waals surface area contributed by atoms with Crippen molar-refractivity contribution in [2.45, 2.75) is 25.7 Å². The van der Waals surface area contributed by atoms with E-state index < -0.39 is 0 Å². The molecule has 3 rings (SSSR count). The molecule has 1 N–H and O–H groups in total. The van der Waals surface area contributed by atoms with Gasteiger partial charge in [0.1, 0.15) is 0 Å². The van der Waals surface area contributed by atoms with E-state index in [1.165, 1.54) is 15.3 Å². The van der Waals surface area contributed by atoms with E-state index in [0.29, 0.717) is 6.54 Å². The molecule has 128 valence electrons. The van der Waals surface area contributed by atoms with Gasteiger partial charge in [0.2, 0.25) is 5.91 Å². The van der Waals surface area contributed by atoms with Crippen LogP contribution in [0.25, 0.3) is 0 Å². The second kappa shape index (κ2) is 7.49. The van der Waals surface area contributed by atoms with Gasteiger partial charge in [-0.1, -0.05) is 6.07 Å². The fraction of sp³-hybridized carbons (Fsp3) is 0.444. The van der Waals surface area contributed by atoms with E-state index in [-0.39, 0.29) is 17.7 Å². The van der Waals surface area contributed by atoms with E-state index in [2.05, 4.69) is 16.8 Å². The van der Waals surface area contributed by atoms with Crippen LogP contribution in [0.5, 0.6) is 0 Å². The molecule has 2 aromatic heterocycles. The molecule has 4 nitrogen and oxygen atoms in total. The van der Waals surface area contributed by atoms with Gasteiger partial charge in [0, 0.05) is 36.3 Å². The lowest BCUT2D eigenvalue weighted by molar-refractivity contribution is -0.125. The Kier molecular flexibility index (Phi) is 5.36. The molecule has 6 heteroatoms. The monoisotopic (exact) mass is 362 g/mol. The average Bonchev–Trinajstić information content (AvgIpc) is 3.22. The molecule has 2 aromatic rings. The molecule has 0 radical (unpaired) electrons. The number of thiophene rings is 2. The van der Waals surface area contributed by atoms with Crippen LogP contribution in [0.2, 0.25) is 0 Å². The Hall–Kier alpha value is -1.66. The average molecular weight is 363 g/mol. The van der Waals surface area contributed by atoms with Gasteiger partial charge in [-0.3, -0.25) is 9.59 Å². The van der Waals surface area contributed by atoms with Crippen molar-refractivity contribution in [3.63, 3.8) is 0 Å². The maximum atomic E-state index is 12.4. The Morgan fingerprint density at radius 1 is 1.38 bits per heavy atom. The van der Waals surface area contributed by atoms with E-state index >= 15 is 0 Å². The van der Waals surface area contributed by atoms with Crippen molar-refractivity contribution in [3.8, 4) is 0 Å². The smallest absolute Gasteiger partial charge is 0.263 e. The minimum absolute atomic E-state index is 0.0257. The summed E-state index contributed by atoms with van der Waals surface area (Å²) in [5.74, 6) is 0.216. The minimum atomic E-state index is 0.0257. The first kappa shape index (κ1) is 17.2. The quantitative estimate of drug-likeness (QED) is 0.889. The van der Waals surface area contributed by atoms with Gasteiger partial charge in [0.25, 0.3) is 5.91 Å². The summed E-state index contributed by atoms with van der Waals surface area (Å²) in [5, 5.41) is 5.12. The number of carbonyl (C=O) groups excluding carboxylic acids is 2. The number of hydrogen-bond donors (Lipinski definition) is 1. The molecular formula is C18H22N2O2S2. The standard InChI is InChI=1S/C18H22N2O2S2/c1-20(2)18(22)16-11-13-10-12(5-6-15(13)24-16)17(21)19-8-7-14-4-3-9-23-14/h3-4,9,11-12H,5-8,10H2,1-2H3,(H,19,21). The summed E-state index contributed by atoms with van der Waals surface area (Å²) in [4.78, 5) is 29.4. The zero-order chi connectivity index (χ0) is 17.1. The molecule has 2 amide bonds. The fourth-order valence-electron chi connectivity index (χ4n) is 2.98. The van der Waals surface area contributed by atoms with Gasteiger partial charge < -0.3 is 10.2 Å². The highest BCUT2D eigenvalue weighted by Gasteiger charge is 2.27. The van der Waals surface area contributed by atoms with Crippen LogP contribution in [0, 0.1) is 5.92 Å². The topological polar surface area (TPSA) is 49.4 Å². The van der Waals surface area contributed by atoms with E-state index in [1.54, 1.807) is 41.7 Å². The van der Waals surface area contributed by atoms with Gasteiger partial charge in [-0.15, -0.1) is 22.7 Å². The summed E-state index contributed by atoms with van der Waals surface area (Å²) < 4.78 is 0. The third-order valence-corrected chi connectivity index (χ3v) is 6.48. The maximum absolute atomic E-state index is 12.4. The number of amides is 2. The van der Waals surface area contributed by atoms with Gasteiger partial charge in [0.15, 0.2) is 0 Å². The van der Waals surface area contributed by atoms with Crippen LogP contribution in [0.15, 0.2) is 23.6 Å². The van der Waals surface area contributed by atoms with Gasteiger partial charge in [-0.2, -0.15) is 0 Å². The van der Waals surface area contributed by atoms with Crippen molar-refractivity contribution >= 4 is 34.5 Å². The van der Waals surface area contributed by atoms with Crippen LogP contribution in [-0.2, 0) is 24.1 Å². The number of aryl methyl sites for hydroxylation is 1. The lowest BCUT2D eigenvalue weighted by Crippen LogP contribution is -2.34. The number of fused-ring (bicyclic) bond motifs is 1. The molecule has 1 aliphatic carbocycles. The second-order valence-corrected chi connectivity index (χ2v) is 8.49. The molecule has 0 saturated heterocycles. The summed E-state index contributed by atoms with van der Waals surface area (Å²) in [6, 6.07) is 6.11. The Labute approximate surface area is 150 Å². The Morgan fingerprint density at radius 2 is 2.21 bits per heavy atom. The third kappa shape index (κ3) is 3.87. The molecule has 0 spiro atoms. The molecule has 0 fully saturated rings. The van der Waals surface area contributed by atoms with Gasteiger partial charge >= 0.3 is 0 Å². The minimum Gasteiger partial charge on any atom is -0.355 e. The summed E-state index contributed by atoms with van der Waals surface area (Å²) in [5.41, 5.74) is 1.18. The van der Waals surface area contributed by atoms with E-state index in [4.69, 9.17) is 0 Å².